The summed E-state index contributed by atoms with van der Waals surface area (Å²) in [6.45, 7) is 3.81. The number of aliphatic hydroxyl groups is 1. The molecule has 11 heteroatoms. The normalized spacial score (nSPS) is 14.7. The molecule has 0 aliphatic carbocycles. The van der Waals surface area contributed by atoms with Crippen molar-refractivity contribution in [3.05, 3.63) is 80.4 Å². The van der Waals surface area contributed by atoms with Gasteiger partial charge in [-0.25, -0.2) is 9.78 Å². The predicted molar refractivity (Wildman–Crippen MR) is 144 cm³/mol. The van der Waals surface area contributed by atoms with Crippen molar-refractivity contribution in [2.45, 2.75) is 24.8 Å². The first kappa shape index (κ1) is 28.0. The van der Waals surface area contributed by atoms with E-state index in [1.54, 1.807) is 31.3 Å². The Morgan fingerprint density at radius 2 is 1.92 bits per heavy atom. The van der Waals surface area contributed by atoms with Gasteiger partial charge in [-0.15, -0.1) is 22.7 Å². The summed E-state index contributed by atoms with van der Waals surface area (Å²) in [6.07, 6.45) is 0. The molecule has 3 aromatic heterocycles. The average Bonchev–Trinajstić information content (AvgIpc) is 3.62. The molecule has 0 amide bonds. The van der Waals surface area contributed by atoms with Crippen LogP contribution in [0.25, 0.3) is 10.6 Å². The number of nitriles is 2. The van der Waals surface area contributed by atoms with Crippen LogP contribution in [0.5, 0.6) is 0 Å². The standard InChI is InChI=1S/C24H18N4O3S3.C2H6O/c1-2-30-24(29)21-17(31-22(27)15(12-26)20(21)19-6-4-10-33-19)13-34-23-14(11-25)7-8-16(28-23)18-5-3-9-32-18;1-2-3/h3-10,20H,2,13,27H2,1H3;3H,2H2,1H3. The van der Waals surface area contributed by atoms with E-state index in [0.29, 0.717) is 10.6 Å². The van der Waals surface area contributed by atoms with E-state index in [-0.39, 0.29) is 41.8 Å². The van der Waals surface area contributed by atoms with Crippen LogP contribution >= 0.6 is 34.4 Å². The number of carbonyl (C=O) groups is 1. The fourth-order valence-electron chi connectivity index (χ4n) is 3.43. The molecule has 0 fully saturated rings. The molecule has 190 valence electrons. The van der Waals surface area contributed by atoms with Crippen molar-refractivity contribution in [3.63, 3.8) is 0 Å². The topological polar surface area (TPSA) is 142 Å². The van der Waals surface area contributed by atoms with Crippen molar-refractivity contribution in [3.8, 4) is 22.7 Å². The lowest BCUT2D eigenvalue weighted by Crippen LogP contribution is -2.26. The summed E-state index contributed by atoms with van der Waals surface area (Å²) in [5, 5.41) is 31.2. The van der Waals surface area contributed by atoms with Crippen molar-refractivity contribution in [2.75, 3.05) is 19.0 Å². The number of aliphatic hydroxyl groups excluding tert-OH is 1. The van der Waals surface area contributed by atoms with Crippen LogP contribution in [0.2, 0.25) is 0 Å². The highest BCUT2D eigenvalue weighted by Crippen LogP contribution is 2.42. The number of carbonyl (C=O) groups excluding carboxylic acids is 1. The molecular weight excluding hydrogens is 529 g/mol. The molecular formula is C26H24N4O4S3. The van der Waals surface area contributed by atoms with Gasteiger partial charge in [-0.2, -0.15) is 10.5 Å². The molecule has 1 unspecified atom stereocenters. The minimum absolute atomic E-state index is 0.0506. The minimum atomic E-state index is -0.686. The van der Waals surface area contributed by atoms with Gasteiger partial charge in [0.05, 0.1) is 40.0 Å². The van der Waals surface area contributed by atoms with Crippen molar-refractivity contribution in [1.82, 2.24) is 4.98 Å². The Bertz CT molecular complexity index is 1370. The van der Waals surface area contributed by atoms with Gasteiger partial charge in [0, 0.05) is 11.5 Å². The maximum Gasteiger partial charge on any atom is 0.338 e. The predicted octanol–water partition coefficient (Wildman–Crippen LogP) is 5.16. The van der Waals surface area contributed by atoms with Crippen LogP contribution in [-0.2, 0) is 14.3 Å². The van der Waals surface area contributed by atoms with Crippen molar-refractivity contribution in [1.29, 1.82) is 10.5 Å². The molecule has 1 aliphatic heterocycles. The van der Waals surface area contributed by atoms with E-state index < -0.39 is 11.9 Å². The highest BCUT2D eigenvalue weighted by atomic mass is 32.2. The minimum Gasteiger partial charge on any atom is -0.463 e. The monoisotopic (exact) mass is 552 g/mol. The van der Waals surface area contributed by atoms with Gasteiger partial charge in [-0.05, 0) is 48.9 Å². The first-order chi connectivity index (χ1) is 18.0. The molecule has 0 spiro atoms. The van der Waals surface area contributed by atoms with Crippen LogP contribution in [-0.4, -0.2) is 35.0 Å². The van der Waals surface area contributed by atoms with Gasteiger partial charge in [0.2, 0.25) is 5.88 Å². The van der Waals surface area contributed by atoms with Gasteiger partial charge in [-0.1, -0.05) is 23.9 Å². The fraction of sp³-hybridized carbons (Fsp3) is 0.231. The Kier molecular flexibility index (Phi) is 10.3. The van der Waals surface area contributed by atoms with Gasteiger partial charge in [-0.3, -0.25) is 0 Å². The summed E-state index contributed by atoms with van der Waals surface area (Å²) in [7, 11) is 0. The van der Waals surface area contributed by atoms with Crippen LogP contribution in [0.3, 0.4) is 0 Å². The third-order valence-electron chi connectivity index (χ3n) is 4.91. The van der Waals surface area contributed by atoms with Crippen LogP contribution in [0.15, 0.2) is 75.0 Å². The number of allylic oxidation sites excluding steroid dienone is 1. The number of thiophene rings is 2. The van der Waals surface area contributed by atoms with Crippen molar-refractivity contribution >= 4 is 40.4 Å². The fourth-order valence-corrected chi connectivity index (χ4v) is 5.88. The van der Waals surface area contributed by atoms with E-state index >= 15 is 0 Å². The second-order valence-electron chi connectivity index (χ2n) is 7.24. The Morgan fingerprint density at radius 3 is 2.51 bits per heavy atom. The van der Waals surface area contributed by atoms with Gasteiger partial charge < -0.3 is 20.3 Å². The zero-order valence-corrected chi connectivity index (χ0v) is 22.6. The molecule has 1 aliphatic rings. The number of aromatic nitrogens is 1. The number of hydrogen-bond donors (Lipinski definition) is 2. The average molecular weight is 553 g/mol. The zero-order valence-electron chi connectivity index (χ0n) is 20.1. The Morgan fingerprint density at radius 1 is 1.19 bits per heavy atom. The maximum absolute atomic E-state index is 13.0. The highest BCUT2D eigenvalue weighted by Gasteiger charge is 2.38. The largest absolute Gasteiger partial charge is 0.463 e. The smallest absolute Gasteiger partial charge is 0.338 e. The Labute approximate surface area is 227 Å². The summed E-state index contributed by atoms with van der Waals surface area (Å²) in [6, 6.07) is 15.4. The summed E-state index contributed by atoms with van der Waals surface area (Å²) < 4.78 is 11.1. The molecule has 0 radical (unpaired) electrons. The number of pyridine rings is 1. The van der Waals surface area contributed by atoms with Crippen LogP contribution in [0, 0.1) is 22.7 Å². The van der Waals surface area contributed by atoms with E-state index in [2.05, 4.69) is 17.1 Å². The molecule has 0 saturated carbocycles. The van der Waals surface area contributed by atoms with Crippen LogP contribution in [0.4, 0.5) is 0 Å². The lowest BCUT2D eigenvalue weighted by Gasteiger charge is -2.27. The number of ether oxygens (including phenoxy) is 2. The molecule has 37 heavy (non-hydrogen) atoms. The molecule has 8 nitrogen and oxygen atoms in total. The van der Waals surface area contributed by atoms with E-state index in [4.69, 9.17) is 20.3 Å². The van der Waals surface area contributed by atoms with Gasteiger partial charge in [0.1, 0.15) is 28.5 Å². The molecule has 3 N–H and O–H groups in total. The molecule has 3 aromatic rings. The summed E-state index contributed by atoms with van der Waals surface area (Å²) in [5.41, 5.74) is 7.66. The molecule has 1 atom stereocenters. The quantitative estimate of drug-likeness (QED) is 0.300. The first-order valence-electron chi connectivity index (χ1n) is 11.2. The zero-order chi connectivity index (χ0) is 26.8. The second kappa shape index (κ2) is 13.6. The van der Waals surface area contributed by atoms with Gasteiger partial charge in [0.15, 0.2) is 0 Å². The first-order valence-corrected chi connectivity index (χ1v) is 13.9. The van der Waals surface area contributed by atoms with Crippen molar-refractivity contribution < 1.29 is 19.4 Å². The number of nitrogens with zero attached hydrogens (tertiary/aromatic N) is 3. The summed E-state index contributed by atoms with van der Waals surface area (Å²) in [5.74, 6) is -0.854. The Hall–Kier alpha value is -3.61. The van der Waals surface area contributed by atoms with E-state index in [0.717, 1.165) is 15.4 Å². The summed E-state index contributed by atoms with van der Waals surface area (Å²) >= 11 is 4.23. The number of esters is 1. The second-order valence-corrected chi connectivity index (χ2v) is 10.1. The lowest BCUT2D eigenvalue weighted by molar-refractivity contribution is -0.139. The number of thioether (sulfide) groups is 1. The molecule has 0 saturated heterocycles. The number of rotatable bonds is 7. The van der Waals surface area contributed by atoms with E-state index in [1.807, 2.05) is 41.1 Å². The third-order valence-corrected chi connectivity index (χ3v) is 7.73. The van der Waals surface area contributed by atoms with E-state index in [9.17, 15) is 15.3 Å². The Balaban J connectivity index is 0.00000121. The highest BCUT2D eigenvalue weighted by molar-refractivity contribution is 7.99. The van der Waals surface area contributed by atoms with Gasteiger partial charge in [0.25, 0.3) is 0 Å². The maximum atomic E-state index is 13.0. The summed E-state index contributed by atoms with van der Waals surface area (Å²) in [4.78, 5) is 19.4. The molecule has 0 aromatic carbocycles. The third kappa shape index (κ3) is 6.59. The van der Waals surface area contributed by atoms with Crippen LogP contribution < -0.4 is 5.73 Å². The number of nitrogens with two attached hydrogens (primary N) is 1. The molecule has 4 rings (SSSR count). The van der Waals surface area contributed by atoms with E-state index in [1.165, 1.54) is 23.1 Å². The lowest BCUT2D eigenvalue weighted by atomic mass is 9.87. The molecule has 0 bridgehead atoms. The van der Waals surface area contributed by atoms with Crippen molar-refractivity contribution in [2.24, 2.45) is 5.73 Å². The van der Waals surface area contributed by atoms with Gasteiger partial charge >= 0.3 is 5.97 Å². The van der Waals surface area contributed by atoms with Crippen LogP contribution in [0.1, 0.15) is 30.2 Å². The molecule has 4 heterocycles. The SMILES string of the molecule is CCO.CCOC(=O)C1=C(CSc2nc(-c3cccs3)ccc2C#N)OC(N)=C(C#N)C1c1cccs1. The number of hydrogen-bond acceptors (Lipinski definition) is 11.